The molecule has 0 bridgehead atoms. The molecule has 2 atom stereocenters. The first-order valence-corrected chi connectivity index (χ1v) is 14.5. The smallest absolute Gasteiger partial charge is 0.423 e. The molecule has 4 N–H and O–H groups in total. The summed E-state index contributed by atoms with van der Waals surface area (Å²) in [7, 11) is 0. The normalized spacial score (nSPS) is 17.3. The van der Waals surface area contributed by atoms with Crippen molar-refractivity contribution >= 4 is 104 Å². The first-order valence-electron chi connectivity index (χ1n) is 11.0. The van der Waals surface area contributed by atoms with Crippen LogP contribution in [-0.4, -0.2) is 39.1 Å². The third-order valence-electron chi connectivity index (χ3n) is 5.86. The number of carboxylic acids is 1. The fourth-order valence-electron chi connectivity index (χ4n) is 4.10. The Kier molecular flexibility index (Phi) is 10.4. The van der Waals surface area contributed by atoms with Gasteiger partial charge in [0.05, 0.1) is 16.1 Å². The summed E-state index contributed by atoms with van der Waals surface area (Å²) in [4.78, 5) is 35.2. The van der Waals surface area contributed by atoms with Crippen LogP contribution in [0.3, 0.4) is 0 Å². The minimum absolute atomic E-state index is 0.0512. The second-order valence-corrected chi connectivity index (χ2v) is 11.9. The van der Waals surface area contributed by atoms with Crippen molar-refractivity contribution in [3.63, 3.8) is 0 Å². The number of benzene rings is 2. The number of carbonyl (C=O) groups is 2. The number of nitro benzene ring substituents is 1. The number of alkyl halides is 3. The van der Waals surface area contributed by atoms with E-state index >= 15 is 0 Å². The maximum absolute atomic E-state index is 13.3. The van der Waals surface area contributed by atoms with Gasteiger partial charge in [-0.15, -0.1) is 0 Å². The number of halogens is 7. The highest BCUT2D eigenvalue weighted by atomic mass is 79.9. The molecule has 210 valence electrons. The minimum Gasteiger partial charge on any atom is -0.478 e. The van der Waals surface area contributed by atoms with Gasteiger partial charge >= 0.3 is 12.1 Å². The van der Waals surface area contributed by atoms with E-state index in [4.69, 9.17) is 12.2 Å². The van der Waals surface area contributed by atoms with Gasteiger partial charge in [0.1, 0.15) is 5.56 Å². The average molecular weight is 826 g/mol. The van der Waals surface area contributed by atoms with Crippen molar-refractivity contribution < 1.29 is 32.8 Å². The van der Waals surface area contributed by atoms with E-state index in [0.717, 1.165) is 25.0 Å². The largest absolute Gasteiger partial charge is 0.478 e. The third kappa shape index (κ3) is 7.28. The van der Waals surface area contributed by atoms with Gasteiger partial charge in [0.15, 0.2) is 5.11 Å². The molecule has 0 radical (unpaired) electrons. The third-order valence-corrected chi connectivity index (χ3v) is 10.9. The van der Waals surface area contributed by atoms with Gasteiger partial charge in [0.2, 0.25) is 0 Å². The van der Waals surface area contributed by atoms with E-state index < -0.39 is 46.3 Å². The van der Waals surface area contributed by atoms with Crippen LogP contribution in [0.25, 0.3) is 0 Å². The van der Waals surface area contributed by atoms with E-state index in [-0.39, 0.29) is 30.9 Å². The van der Waals surface area contributed by atoms with Crippen LogP contribution in [0.1, 0.15) is 52.0 Å². The van der Waals surface area contributed by atoms with E-state index in [0.29, 0.717) is 27.9 Å². The Morgan fingerprint density at radius 1 is 0.974 bits per heavy atom. The summed E-state index contributed by atoms with van der Waals surface area (Å²) in [5.74, 6) is -1.98. The lowest BCUT2D eigenvalue weighted by atomic mass is 9.90. The molecule has 0 unspecified atom stereocenters. The summed E-state index contributed by atoms with van der Waals surface area (Å²) < 4.78 is 41.2. The van der Waals surface area contributed by atoms with Gasteiger partial charge in [-0.1, -0.05) is 12.8 Å². The number of carbonyl (C=O) groups excluding carboxylic acids is 1. The predicted octanol–water partition coefficient (Wildman–Crippen LogP) is 7.39. The van der Waals surface area contributed by atoms with E-state index in [1.165, 1.54) is 0 Å². The van der Waals surface area contributed by atoms with Crippen molar-refractivity contribution in [2.45, 2.75) is 43.9 Å². The van der Waals surface area contributed by atoms with Gasteiger partial charge in [-0.25, -0.2) is 4.79 Å². The lowest BCUT2D eigenvalue weighted by Crippen LogP contribution is -2.54. The van der Waals surface area contributed by atoms with Crippen LogP contribution in [0, 0.1) is 10.1 Å². The minimum atomic E-state index is -4.95. The standard InChI is InChI=1S/C22H17Br4F3N4O5S/c23-15-13(14(20(35)36)16(24)18(26)17(15)25)19(34)31-10-3-1-2-4-11(10)32-21(39)30-8-5-6-12(33(37)38)9(7-8)22(27,28)29/h5-7,10-11H,1-4H2,(H,31,34)(H,35,36)(H2,30,32,39)/t10-,11-/m1/s1. The number of hydrogen-bond acceptors (Lipinski definition) is 5. The molecular weight excluding hydrogens is 809 g/mol. The Morgan fingerprint density at radius 2 is 1.51 bits per heavy atom. The summed E-state index contributed by atoms with van der Waals surface area (Å²) in [6.45, 7) is 0. The number of anilines is 1. The number of thiocarbonyl (C=S) groups is 1. The predicted molar refractivity (Wildman–Crippen MR) is 155 cm³/mol. The van der Waals surface area contributed by atoms with E-state index in [2.05, 4.69) is 79.7 Å². The molecule has 1 fully saturated rings. The van der Waals surface area contributed by atoms with Crippen molar-refractivity contribution in [1.82, 2.24) is 10.6 Å². The van der Waals surface area contributed by atoms with Crippen molar-refractivity contribution in [3.8, 4) is 0 Å². The number of hydrogen-bond donors (Lipinski definition) is 4. The highest BCUT2D eigenvalue weighted by Gasteiger charge is 2.38. The lowest BCUT2D eigenvalue weighted by molar-refractivity contribution is -0.388. The molecule has 0 aliphatic heterocycles. The molecule has 0 spiro atoms. The zero-order valence-corrected chi connectivity index (χ0v) is 26.5. The number of amides is 1. The maximum atomic E-state index is 13.3. The first-order chi connectivity index (χ1) is 18.1. The first kappa shape index (κ1) is 31.7. The number of aromatic carboxylic acids is 1. The number of rotatable bonds is 6. The molecule has 1 amide bonds. The number of nitrogens with zero attached hydrogens (tertiary/aromatic N) is 1. The van der Waals surface area contributed by atoms with Gasteiger partial charge in [-0.05, 0) is 101 Å². The molecule has 0 saturated heterocycles. The number of nitro groups is 1. The van der Waals surface area contributed by atoms with Crippen LogP contribution in [-0.2, 0) is 6.18 Å². The summed E-state index contributed by atoms with van der Waals surface area (Å²) >= 11 is 18.4. The summed E-state index contributed by atoms with van der Waals surface area (Å²) in [5.41, 5.74) is -2.98. The molecular formula is C22H17Br4F3N4O5S. The molecule has 1 aliphatic rings. The van der Waals surface area contributed by atoms with Gasteiger partial charge in [0, 0.05) is 41.7 Å². The molecule has 2 aromatic rings. The van der Waals surface area contributed by atoms with Gasteiger partial charge in [0.25, 0.3) is 11.6 Å². The van der Waals surface area contributed by atoms with Crippen molar-refractivity contribution in [2.75, 3.05) is 5.32 Å². The van der Waals surface area contributed by atoms with Crippen molar-refractivity contribution in [2.24, 2.45) is 0 Å². The van der Waals surface area contributed by atoms with Gasteiger partial charge < -0.3 is 21.1 Å². The Morgan fingerprint density at radius 3 is 2.03 bits per heavy atom. The second-order valence-electron chi connectivity index (χ2n) is 8.37. The lowest BCUT2D eigenvalue weighted by Gasteiger charge is -2.34. The van der Waals surface area contributed by atoms with Crippen LogP contribution in [0.15, 0.2) is 36.1 Å². The highest BCUT2D eigenvalue weighted by Crippen LogP contribution is 2.42. The average Bonchev–Trinajstić information content (AvgIpc) is 2.84. The Balaban J connectivity index is 1.80. The van der Waals surface area contributed by atoms with Gasteiger partial charge in [-0.3, -0.25) is 14.9 Å². The van der Waals surface area contributed by atoms with E-state index in [1.807, 2.05) is 0 Å². The zero-order valence-electron chi connectivity index (χ0n) is 19.3. The summed E-state index contributed by atoms with van der Waals surface area (Å²) in [6.07, 6.45) is -2.32. The van der Waals surface area contributed by atoms with Crippen LogP contribution in [0.5, 0.6) is 0 Å². The Bertz CT molecular complexity index is 1360. The van der Waals surface area contributed by atoms with Crippen molar-refractivity contribution in [3.05, 3.63) is 62.9 Å². The molecule has 2 aromatic carbocycles. The van der Waals surface area contributed by atoms with E-state index in [1.54, 1.807) is 0 Å². The SMILES string of the molecule is O=C(O)c1c(Br)c(Br)c(Br)c(Br)c1C(=O)N[C@@H]1CCCC[C@H]1NC(=S)Nc1ccc([N+](=O)[O-])c(C(F)(F)F)c1. The van der Waals surface area contributed by atoms with Crippen LogP contribution >= 0.6 is 75.9 Å². The topological polar surface area (TPSA) is 134 Å². The molecule has 0 aromatic heterocycles. The van der Waals surface area contributed by atoms with Crippen LogP contribution in [0.4, 0.5) is 24.5 Å². The maximum Gasteiger partial charge on any atom is 0.423 e. The fourth-order valence-corrected chi connectivity index (χ4v) is 6.84. The molecule has 0 heterocycles. The second kappa shape index (κ2) is 12.8. The van der Waals surface area contributed by atoms with Gasteiger partial charge in [-0.2, -0.15) is 13.2 Å². The molecule has 17 heteroatoms. The fraction of sp³-hybridized carbons (Fsp3) is 0.318. The van der Waals surface area contributed by atoms with Crippen molar-refractivity contribution in [1.29, 1.82) is 0 Å². The number of nitrogens with one attached hydrogen (secondary N) is 3. The molecule has 1 aliphatic carbocycles. The summed E-state index contributed by atoms with van der Waals surface area (Å²) in [5, 5.41) is 29.2. The molecule has 9 nitrogen and oxygen atoms in total. The molecule has 39 heavy (non-hydrogen) atoms. The Labute approximate surface area is 258 Å². The molecule has 1 saturated carbocycles. The molecule has 3 rings (SSSR count). The van der Waals surface area contributed by atoms with Crippen LogP contribution in [0.2, 0.25) is 0 Å². The quantitative estimate of drug-likeness (QED) is 0.0780. The monoisotopic (exact) mass is 822 g/mol. The summed E-state index contributed by atoms with van der Waals surface area (Å²) in [6, 6.07) is 1.51. The number of carboxylic acid groups (broad SMARTS) is 1. The Hall–Kier alpha value is -1.82. The zero-order chi connectivity index (χ0) is 29.2. The van der Waals surface area contributed by atoms with Crippen LogP contribution < -0.4 is 16.0 Å². The van der Waals surface area contributed by atoms with E-state index in [9.17, 15) is 38.0 Å². The highest BCUT2D eigenvalue weighted by molar-refractivity contribution is 9.15.